The Morgan fingerprint density at radius 3 is 2.21 bits per heavy atom. The monoisotopic (exact) mass is 183 g/mol. The number of aromatic nitrogens is 1. The average Bonchev–Trinajstić information content (AvgIpc) is 2.74. The van der Waals surface area contributed by atoms with Crippen LogP contribution in [-0.4, -0.2) is 4.57 Å². The van der Waals surface area contributed by atoms with Gasteiger partial charge in [-0.1, -0.05) is 36.4 Å². The Bertz CT molecular complexity index is 386. The molecule has 2 aromatic rings. The second-order valence-electron chi connectivity index (χ2n) is 3.22. The predicted octanol–water partition coefficient (Wildman–Crippen LogP) is 3.26. The van der Waals surface area contributed by atoms with Crippen molar-refractivity contribution in [3.05, 3.63) is 73.1 Å². The maximum atomic E-state index is 3.87. The minimum atomic E-state index is 0.242. The lowest BCUT2D eigenvalue weighted by molar-refractivity contribution is 0.706. The second kappa shape index (κ2) is 3.97. The summed E-state index contributed by atoms with van der Waals surface area (Å²) < 4.78 is 2.14. The van der Waals surface area contributed by atoms with E-state index in [2.05, 4.69) is 47.8 Å². The third-order valence-corrected chi connectivity index (χ3v) is 2.31. The van der Waals surface area contributed by atoms with Crippen molar-refractivity contribution in [2.24, 2.45) is 0 Å². The molecule has 1 heteroatoms. The lowest BCUT2D eigenvalue weighted by Crippen LogP contribution is -2.04. The summed E-state index contributed by atoms with van der Waals surface area (Å²) in [4.78, 5) is 0. The molecule has 70 valence electrons. The van der Waals surface area contributed by atoms with Gasteiger partial charge in [-0.25, -0.2) is 0 Å². The van der Waals surface area contributed by atoms with E-state index in [1.165, 1.54) is 5.56 Å². The van der Waals surface area contributed by atoms with Crippen LogP contribution in [-0.2, 0) is 0 Å². The van der Waals surface area contributed by atoms with Gasteiger partial charge in [0.1, 0.15) is 0 Å². The van der Waals surface area contributed by atoms with Crippen LogP contribution in [0.15, 0.2) is 67.5 Å². The Labute approximate surface area is 84.3 Å². The molecule has 1 heterocycles. The van der Waals surface area contributed by atoms with Crippen LogP contribution in [0.2, 0.25) is 0 Å². The minimum absolute atomic E-state index is 0.242. The quantitative estimate of drug-likeness (QED) is 0.644. The average molecular weight is 183 g/mol. The highest BCUT2D eigenvalue weighted by molar-refractivity contribution is 5.24. The summed E-state index contributed by atoms with van der Waals surface area (Å²) >= 11 is 0. The van der Waals surface area contributed by atoms with E-state index >= 15 is 0 Å². The first-order valence-electron chi connectivity index (χ1n) is 4.72. The van der Waals surface area contributed by atoms with E-state index in [-0.39, 0.29) is 6.04 Å². The molecule has 1 nitrogen and oxygen atoms in total. The molecule has 0 aliphatic heterocycles. The molecule has 0 saturated heterocycles. The molecule has 0 spiro atoms. The maximum absolute atomic E-state index is 3.87. The van der Waals surface area contributed by atoms with Gasteiger partial charge in [0.15, 0.2) is 0 Å². The van der Waals surface area contributed by atoms with Crippen molar-refractivity contribution in [2.45, 2.75) is 6.04 Å². The van der Waals surface area contributed by atoms with E-state index in [0.29, 0.717) is 0 Å². The zero-order valence-electron chi connectivity index (χ0n) is 8.01. The lowest BCUT2D eigenvalue weighted by Gasteiger charge is -2.14. The fourth-order valence-corrected chi connectivity index (χ4v) is 1.61. The third-order valence-electron chi connectivity index (χ3n) is 2.31. The highest BCUT2D eigenvalue weighted by Crippen LogP contribution is 2.18. The predicted molar refractivity (Wildman–Crippen MR) is 59.2 cm³/mol. The Morgan fingerprint density at radius 2 is 1.64 bits per heavy atom. The van der Waals surface area contributed by atoms with Crippen LogP contribution < -0.4 is 0 Å². The first-order valence-corrected chi connectivity index (χ1v) is 4.72. The molecule has 0 amide bonds. The molecule has 0 unspecified atom stereocenters. The molecule has 0 bridgehead atoms. The normalized spacial score (nSPS) is 12.3. The molecule has 0 aliphatic carbocycles. The lowest BCUT2D eigenvalue weighted by atomic mass is 10.1. The van der Waals surface area contributed by atoms with Crippen LogP contribution in [0.4, 0.5) is 0 Å². The summed E-state index contributed by atoms with van der Waals surface area (Å²) in [5.74, 6) is 0. The van der Waals surface area contributed by atoms with Crippen LogP contribution in [0.25, 0.3) is 0 Å². The molecule has 0 saturated carbocycles. The van der Waals surface area contributed by atoms with Crippen molar-refractivity contribution in [3.63, 3.8) is 0 Å². The molecule has 1 aromatic carbocycles. The van der Waals surface area contributed by atoms with Crippen molar-refractivity contribution in [2.75, 3.05) is 0 Å². The van der Waals surface area contributed by atoms with Crippen molar-refractivity contribution in [1.29, 1.82) is 0 Å². The number of benzene rings is 1. The van der Waals surface area contributed by atoms with Gasteiger partial charge in [-0.3, -0.25) is 0 Å². The van der Waals surface area contributed by atoms with Crippen molar-refractivity contribution in [1.82, 2.24) is 4.57 Å². The number of hydrogen-bond acceptors (Lipinski definition) is 0. The summed E-state index contributed by atoms with van der Waals surface area (Å²) in [5.41, 5.74) is 1.26. The fraction of sp³-hybridized carbons (Fsp3) is 0.0769. The van der Waals surface area contributed by atoms with Gasteiger partial charge in [0.05, 0.1) is 6.04 Å². The maximum Gasteiger partial charge on any atom is 0.0761 e. The zero-order chi connectivity index (χ0) is 9.80. The molecule has 0 aliphatic rings. The molecule has 14 heavy (non-hydrogen) atoms. The molecule has 1 aromatic heterocycles. The van der Waals surface area contributed by atoms with Gasteiger partial charge in [-0.05, 0) is 17.7 Å². The zero-order valence-corrected chi connectivity index (χ0v) is 8.01. The van der Waals surface area contributed by atoms with Crippen LogP contribution >= 0.6 is 0 Å². The highest BCUT2D eigenvalue weighted by atomic mass is 15.0. The van der Waals surface area contributed by atoms with E-state index in [9.17, 15) is 0 Å². The first kappa shape index (κ1) is 8.82. The number of rotatable bonds is 3. The Morgan fingerprint density at radius 1 is 1.00 bits per heavy atom. The summed E-state index contributed by atoms with van der Waals surface area (Å²) in [6.07, 6.45) is 6.06. The number of hydrogen-bond donors (Lipinski definition) is 0. The Hall–Kier alpha value is -1.76. The van der Waals surface area contributed by atoms with E-state index in [1.54, 1.807) is 0 Å². The minimum Gasteiger partial charge on any atom is -0.343 e. The van der Waals surface area contributed by atoms with E-state index < -0.39 is 0 Å². The number of nitrogens with zero attached hydrogens (tertiary/aromatic N) is 1. The van der Waals surface area contributed by atoms with Gasteiger partial charge in [-0.15, -0.1) is 6.58 Å². The number of allylic oxidation sites excluding steroid dienone is 1. The Kier molecular flexibility index (Phi) is 2.50. The molecule has 0 fully saturated rings. The first-order chi connectivity index (χ1) is 6.92. The van der Waals surface area contributed by atoms with Crippen LogP contribution in [0.5, 0.6) is 0 Å². The molecule has 0 N–H and O–H groups in total. The summed E-state index contributed by atoms with van der Waals surface area (Å²) in [5, 5.41) is 0. The van der Waals surface area contributed by atoms with Crippen molar-refractivity contribution in [3.8, 4) is 0 Å². The van der Waals surface area contributed by atoms with Crippen molar-refractivity contribution >= 4 is 0 Å². The van der Waals surface area contributed by atoms with Crippen LogP contribution in [0.1, 0.15) is 11.6 Å². The second-order valence-corrected chi connectivity index (χ2v) is 3.22. The van der Waals surface area contributed by atoms with Gasteiger partial charge in [-0.2, -0.15) is 0 Å². The van der Waals surface area contributed by atoms with Gasteiger partial charge in [0, 0.05) is 12.4 Å². The molecule has 0 radical (unpaired) electrons. The van der Waals surface area contributed by atoms with E-state index in [0.717, 1.165) is 0 Å². The highest BCUT2D eigenvalue weighted by Gasteiger charge is 2.06. The summed E-state index contributed by atoms with van der Waals surface area (Å²) in [6.45, 7) is 3.87. The van der Waals surface area contributed by atoms with Crippen LogP contribution in [0, 0.1) is 0 Å². The molecule has 1 atom stereocenters. The third kappa shape index (κ3) is 1.62. The van der Waals surface area contributed by atoms with E-state index in [4.69, 9.17) is 0 Å². The summed E-state index contributed by atoms with van der Waals surface area (Å²) in [7, 11) is 0. The van der Waals surface area contributed by atoms with E-state index in [1.807, 2.05) is 24.3 Å². The summed E-state index contributed by atoms with van der Waals surface area (Å²) in [6, 6.07) is 14.7. The van der Waals surface area contributed by atoms with Crippen molar-refractivity contribution < 1.29 is 0 Å². The van der Waals surface area contributed by atoms with Crippen LogP contribution in [0.3, 0.4) is 0 Å². The molecular weight excluding hydrogens is 170 g/mol. The standard InChI is InChI=1S/C13H13N/c1-2-13(14-10-6-7-11-14)12-8-4-3-5-9-12/h2-11,13H,1H2/t13-/m1/s1. The van der Waals surface area contributed by atoms with Gasteiger partial charge in [0.2, 0.25) is 0 Å². The Balaban J connectivity index is 2.36. The largest absolute Gasteiger partial charge is 0.343 e. The van der Waals surface area contributed by atoms with Gasteiger partial charge >= 0.3 is 0 Å². The topological polar surface area (TPSA) is 4.93 Å². The fourth-order valence-electron chi connectivity index (χ4n) is 1.61. The smallest absolute Gasteiger partial charge is 0.0761 e. The molecular formula is C13H13N. The van der Waals surface area contributed by atoms with Gasteiger partial charge < -0.3 is 4.57 Å². The van der Waals surface area contributed by atoms with Gasteiger partial charge in [0.25, 0.3) is 0 Å². The SMILES string of the molecule is C=C[C@H](c1ccccc1)n1cccc1. The molecule has 2 rings (SSSR count).